The highest BCUT2D eigenvalue weighted by Gasteiger charge is 2.38. The van der Waals surface area contributed by atoms with Crippen LogP contribution in [0.1, 0.15) is 119 Å². The molecule has 2 aliphatic rings. The fourth-order valence-corrected chi connectivity index (χ4v) is 11.3. The number of aliphatic hydroxyl groups excluding tert-OH is 1. The number of nitro groups is 1. The minimum Gasteiger partial charge on any atom is -0.447 e. The second kappa shape index (κ2) is 51.9. The fourth-order valence-electron chi connectivity index (χ4n) is 11.3. The second-order valence-corrected chi connectivity index (χ2v) is 26.8. The number of aliphatic hydroxyl groups is 1. The van der Waals surface area contributed by atoms with Crippen LogP contribution >= 0.6 is 0 Å². The summed E-state index contributed by atoms with van der Waals surface area (Å²) >= 11 is 0. The van der Waals surface area contributed by atoms with Gasteiger partial charge in [0.1, 0.15) is 25.6 Å². The number of imide groups is 2. The van der Waals surface area contributed by atoms with Crippen molar-refractivity contribution in [2.75, 3.05) is 129 Å². The first-order chi connectivity index (χ1) is 56.7. The number of nitrogens with two attached hydrogens (primary N) is 2. The fraction of sp³-hybridized carbons (Fsp3) is 0.456. The Morgan fingerprint density at radius 2 is 0.788 bits per heavy atom. The van der Waals surface area contributed by atoms with E-state index in [2.05, 4.69) is 31.9 Å². The van der Waals surface area contributed by atoms with Crippen molar-refractivity contribution in [3.63, 3.8) is 0 Å². The largest absolute Gasteiger partial charge is 0.514 e. The van der Waals surface area contributed by atoms with Gasteiger partial charge in [0.25, 0.3) is 29.3 Å². The zero-order valence-electron chi connectivity index (χ0n) is 65.9. The zero-order chi connectivity index (χ0) is 85.7. The van der Waals surface area contributed by atoms with Crippen LogP contribution in [0, 0.1) is 33.8 Å². The van der Waals surface area contributed by atoms with Crippen LogP contribution in [0.5, 0.6) is 5.75 Å². The number of amides is 12. The van der Waals surface area contributed by atoms with E-state index >= 15 is 0 Å². The van der Waals surface area contributed by atoms with Crippen molar-refractivity contribution in [2.24, 2.45) is 35.1 Å². The van der Waals surface area contributed by atoms with Crippen LogP contribution in [0.2, 0.25) is 0 Å². The number of alkyl carbamates (subject to hydrolysis) is 2. The van der Waals surface area contributed by atoms with Gasteiger partial charge in [0.2, 0.25) is 11.8 Å². The summed E-state index contributed by atoms with van der Waals surface area (Å²) in [6.07, 6.45) is -1.93. The third kappa shape index (κ3) is 33.7. The van der Waals surface area contributed by atoms with Crippen molar-refractivity contribution in [1.29, 1.82) is 0 Å². The lowest BCUT2D eigenvalue weighted by Gasteiger charge is -2.24. The number of anilines is 2. The molecule has 2 heterocycles. The quantitative estimate of drug-likeness (QED) is 0.00383. The maximum atomic E-state index is 13.6. The Morgan fingerprint density at radius 3 is 1.12 bits per heavy atom. The highest BCUT2D eigenvalue weighted by atomic mass is 16.7. The molecule has 0 bridgehead atoms. The van der Waals surface area contributed by atoms with Crippen LogP contribution in [0.25, 0.3) is 0 Å². The number of rotatable bonds is 53. The van der Waals surface area contributed by atoms with E-state index in [9.17, 15) is 77.5 Å². The number of Topliss-reactive ketones (excluding diaryl/α,β-unsaturated/α-hetero) is 2. The highest BCUT2D eigenvalue weighted by Crippen LogP contribution is 2.27. The summed E-state index contributed by atoms with van der Waals surface area (Å²) in [5, 5.41) is 37.2. The number of carbonyl (C=O) groups is 13. The van der Waals surface area contributed by atoms with E-state index in [0.717, 1.165) is 10.1 Å². The predicted octanol–water partition coefficient (Wildman–Crippen LogP) is 6.47. The normalized spacial score (nSPS) is 13.1. The summed E-state index contributed by atoms with van der Waals surface area (Å²) in [4.78, 5) is 183. The van der Waals surface area contributed by atoms with E-state index in [0.29, 0.717) is 46.5 Å². The molecule has 11 N–H and O–H groups in total. The molecule has 12 amide bonds. The van der Waals surface area contributed by atoms with E-state index in [-0.39, 0.29) is 198 Å². The number of ketones is 2. The van der Waals surface area contributed by atoms with Gasteiger partial charge in [0.15, 0.2) is 11.6 Å². The summed E-state index contributed by atoms with van der Waals surface area (Å²) < 4.78 is 53.0. The van der Waals surface area contributed by atoms with Gasteiger partial charge in [0, 0.05) is 61.3 Å². The van der Waals surface area contributed by atoms with Gasteiger partial charge in [-0.3, -0.25) is 58.1 Å². The molecule has 0 fully saturated rings. The molecule has 0 saturated carbocycles. The lowest BCUT2D eigenvalue weighted by atomic mass is 9.89. The molecule has 640 valence electrons. The molecule has 4 atom stereocenters. The van der Waals surface area contributed by atoms with Crippen LogP contribution in [0.3, 0.4) is 0 Å². The molecular weight excluding hydrogens is 1550 g/mol. The average molecular weight is 1650 g/mol. The van der Waals surface area contributed by atoms with Crippen molar-refractivity contribution < 1.29 is 129 Å². The van der Waals surface area contributed by atoms with Crippen LogP contribution < -0.4 is 48.1 Å². The molecule has 0 spiro atoms. The molecule has 39 heteroatoms. The zero-order valence-corrected chi connectivity index (χ0v) is 65.9. The lowest BCUT2D eigenvalue weighted by Crippen LogP contribution is -2.46. The molecular formula is C79H101N11O28. The predicted molar refractivity (Wildman–Crippen MR) is 417 cm³/mol. The Bertz CT molecular complexity index is 4060. The summed E-state index contributed by atoms with van der Waals surface area (Å²) in [5.74, 6) is -5.95. The third-order valence-electron chi connectivity index (χ3n) is 17.3. The Balaban J connectivity index is 0.000000374. The van der Waals surface area contributed by atoms with Gasteiger partial charge >= 0.3 is 30.4 Å². The number of nitrogens with zero attached hydrogens (tertiary/aromatic N) is 3. The number of nitrogens with one attached hydrogen (secondary N) is 6. The van der Waals surface area contributed by atoms with Crippen molar-refractivity contribution in [3.05, 3.63) is 165 Å². The molecule has 0 aromatic heterocycles. The summed E-state index contributed by atoms with van der Waals surface area (Å²) in [5.41, 5.74) is 13.4. The van der Waals surface area contributed by atoms with Gasteiger partial charge in [-0.15, -0.1) is 10.1 Å². The molecule has 7 rings (SSSR count). The van der Waals surface area contributed by atoms with Crippen LogP contribution in [-0.4, -0.2) is 228 Å². The maximum Gasteiger partial charge on any atom is 0.514 e. The van der Waals surface area contributed by atoms with Crippen molar-refractivity contribution in [2.45, 2.75) is 91.5 Å². The molecule has 2 aliphatic heterocycles. The first-order valence-corrected chi connectivity index (χ1v) is 37.9. The number of carbonyl (C=O) groups excluding carboxylic acids is 13. The number of nitro benzene ring substituents is 1. The number of hydroxylamine groups is 4. The van der Waals surface area contributed by atoms with Gasteiger partial charge in [-0.05, 0) is 109 Å². The van der Waals surface area contributed by atoms with E-state index in [4.69, 9.17) is 68.5 Å². The van der Waals surface area contributed by atoms with Gasteiger partial charge in [-0.25, -0.2) is 24.0 Å². The van der Waals surface area contributed by atoms with Crippen molar-refractivity contribution in [1.82, 2.24) is 31.4 Å². The van der Waals surface area contributed by atoms with E-state index in [1.807, 2.05) is 0 Å². The Hall–Kier alpha value is -12.0. The van der Waals surface area contributed by atoms with Crippen molar-refractivity contribution >= 4 is 94.5 Å². The Kier molecular flexibility index (Phi) is 41.7. The van der Waals surface area contributed by atoms with Gasteiger partial charge in [-0.2, -0.15) is 0 Å². The van der Waals surface area contributed by atoms with Crippen LogP contribution in [-0.2, 0) is 84.7 Å². The van der Waals surface area contributed by atoms with Crippen molar-refractivity contribution in [3.8, 4) is 5.75 Å². The first kappa shape index (κ1) is 94.9. The molecule has 0 radical (unpaired) electrons. The van der Waals surface area contributed by atoms with Gasteiger partial charge in [0.05, 0.1) is 138 Å². The monoisotopic (exact) mass is 1650 g/mol. The number of primary amides is 2. The minimum absolute atomic E-state index is 0.00609. The average Bonchev–Trinajstić information content (AvgIpc) is 1.65. The summed E-state index contributed by atoms with van der Waals surface area (Å²) in [7, 11) is 0. The Labute approximate surface area is 679 Å². The maximum absolute atomic E-state index is 13.6. The number of non-ortho nitro benzene ring substituents is 1. The molecule has 0 saturated heterocycles. The number of urea groups is 2. The first-order valence-electron chi connectivity index (χ1n) is 37.9. The Morgan fingerprint density at radius 1 is 0.449 bits per heavy atom. The standard InChI is InChI=1S/C43H52N6O16.C36H49N5O12/c1-28(2)37(47-42(55)62-24-22-60-20-18-59-19-21-61-23-25-64-48-39(52)34-7-3-4-8-35(34)40(48)53)36(50)26-30(6-5-17-45-41(44)54)38(51)46-31-11-9-29(10-12-31)27-63-43(56)65-33-15-13-32(14-16-33)49(57)58;1-24(2)31(30(43)22-26(6-5-13-38-35(37)47)32(44)39-27-11-9-25(23-42)10-12-27)40-36(48)52-20-18-50-16-14-49-15-17-51-19-21-53-41-33(45)28-7-3-4-8-29(28)34(41)46/h3-4,7-16,28,30,37H,5-6,17-27H2,1-2H3,(H,46,51)(H,47,55)(H3,44,45,54);3-4,7-12,24,26,31,42H,5-6,13-23H2,1-2H3,(H,39,44)(H,40,48)(H3,37,38,47)/t30-,37+;26-,31+/m11/s1. The number of hydrogen-bond donors (Lipinski definition) is 9. The topological polar surface area (TPSA) is 527 Å². The van der Waals surface area contributed by atoms with Gasteiger partial charge in [-0.1, -0.05) is 76.2 Å². The third-order valence-corrected chi connectivity index (χ3v) is 17.3. The van der Waals surface area contributed by atoms with Crippen LogP contribution in [0.4, 0.5) is 41.0 Å². The number of fused-ring (bicyclic) bond motifs is 2. The second-order valence-electron chi connectivity index (χ2n) is 26.8. The number of benzene rings is 5. The molecule has 5 aromatic rings. The number of hydrogen-bond acceptors (Lipinski definition) is 28. The van der Waals surface area contributed by atoms with Gasteiger partial charge < -0.3 is 95.8 Å². The number of ether oxygens (including phenoxy) is 10. The summed E-state index contributed by atoms with van der Waals surface area (Å²) in [6, 6.07) is 27.4. The molecule has 118 heavy (non-hydrogen) atoms. The van der Waals surface area contributed by atoms with E-state index in [1.165, 1.54) is 24.3 Å². The lowest BCUT2D eigenvalue weighted by molar-refractivity contribution is -0.384. The van der Waals surface area contributed by atoms with Crippen LogP contribution in [0.15, 0.2) is 121 Å². The van der Waals surface area contributed by atoms with E-state index in [1.54, 1.807) is 125 Å². The van der Waals surface area contributed by atoms with E-state index < -0.39 is 100 Å². The minimum atomic E-state index is -1.03. The molecule has 0 unspecified atom stereocenters. The molecule has 39 nitrogen and oxygen atoms in total. The highest BCUT2D eigenvalue weighted by molar-refractivity contribution is 6.21. The molecule has 5 aromatic carbocycles. The summed E-state index contributed by atoms with van der Waals surface area (Å²) in [6.45, 7) is 9.16. The smallest absolute Gasteiger partial charge is 0.447 e. The SMILES string of the molecule is CC(C)[C@H](NC(=O)OCCOCCOCCOCCON1C(=O)c2ccccc2C1=O)C(=O)C[C@@H](CCCNC(N)=O)C(=O)Nc1ccc(CO)cc1.CC(C)[C@H](NC(=O)OCCOCCOCCOCCON1C(=O)c2ccccc2C1=O)C(=O)C[C@@H](CCCNC(N)=O)C(=O)Nc1ccc(COC(=O)Oc2ccc([N+](=O)[O-])cc2)cc1. The molecule has 0 aliphatic carbocycles.